The zero-order valence-corrected chi connectivity index (χ0v) is 8.17. The fourth-order valence-corrected chi connectivity index (χ4v) is 2.21. The summed E-state index contributed by atoms with van der Waals surface area (Å²) in [5.41, 5.74) is 0. The van der Waals surface area contributed by atoms with Crippen LogP contribution in [0.4, 0.5) is 0 Å². The first-order valence-corrected chi connectivity index (χ1v) is 4.99. The van der Waals surface area contributed by atoms with E-state index in [9.17, 15) is 19.8 Å². The quantitative estimate of drug-likeness (QED) is 0.556. The van der Waals surface area contributed by atoms with Crippen LogP contribution in [0.25, 0.3) is 0 Å². The maximum atomic E-state index is 11.4. The summed E-state index contributed by atoms with van der Waals surface area (Å²) in [5.74, 6) is -0.711. The Morgan fingerprint density at radius 1 is 1.00 bits per heavy atom. The van der Waals surface area contributed by atoms with E-state index in [2.05, 4.69) is 0 Å². The fraction of sp³-hybridized carbons (Fsp3) is 0.600. The first-order valence-electron chi connectivity index (χ1n) is 4.99. The minimum atomic E-state index is -0.639. The topological polar surface area (TPSA) is 77.8 Å². The van der Waals surface area contributed by atoms with Crippen molar-refractivity contribution in [3.63, 3.8) is 0 Å². The van der Waals surface area contributed by atoms with Crippen LogP contribution in [0.5, 0.6) is 0 Å². The van der Waals surface area contributed by atoms with E-state index in [0.29, 0.717) is 19.3 Å². The number of hydrogen-bond donors (Lipinski definition) is 2. The highest BCUT2D eigenvalue weighted by Gasteiger charge is 2.36. The van der Waals surface area contributed by atoms with Gasteiger partial charge in [-0.3, -0.25) is 14.5 Å². The Bertz CT molecular complexity index is 297. The van der Waals surface area contributed by atoms with Gasteiger partial charge in [0.15, 0.2) is 0 Å². The zero-order valence-electron chi connectivity index (χ0n) is 8.17. The van der Waals surface area contributed by atoms with Crippen LogP contribution in [-0.4, -0.2) is 45.2 Å². The SMILES string of the molecule is O=C1C=CC(=O)N1C1CC(O)CC(O)C1. The third-order valence-corrected chi connectivity index (χ3v) is 2.84. The predicted octanol–water partition coefficient (Wildman–Crippen LogP) is -0.814. The molecule has 1 aliphatic carbocycles. The van der Waals surface area contributed by atoms with Crippen molar-refractivity contribution in [1.82, 2.24) is 4.90 Å². The van der Waals surface area contributed by atoms with Crippen molar-refractivity contribution in [2.75, 3.05) is 0 Å². The normalized spacial score (nSPS) is 36.4. The third kappa shape index (κ3) is 1.93. The van der Waals surface area contributed by atoms with E-state index in [-0.39, 0.29) is 17.9 Å². The van der Waals surface area contributed by atoms with Gasteiger partial charge in [0.25, 0.3) is 11.8 Å². The highest BCUT2D eigenvalue weighted by molar-refractivity contribution is 6.13. The molecule has 5 nitrogen and oxygen atoms in total. The summed E-state index contributed by atoms with van der Waals surface area (Å²) in [5, 5.41) is 18.9. The molecule has 1 saturated carbocycles. The van der Waals surface area contributed by atoms with Crippen molar-refractivity contribution >= 4 is 11.8 Å². The standard InChI is InChI=1S/C10H13NO4/c12-7-3-6(4-8(13)5-7)11-9(14)1-2-10(11)15/h1-2,6-8,12-13H,3-5H2. The second-order valence-electron chi connectivity index (χ2n) is 4.05. The fourth-order valence-electron chi connectivity index (χ4n) is 2.21. The van der Waals surface area contributed by atoms with Gasteiger partial charge in [0.2, 0.25) is 0 Å². The lowest BCUT2D eigenvalue weighted by atomic mass is 9.89. The Hall–Kier alpha value is -1.20. The lowest BCUT2D eigenvalue weighted by molar-refractivity contribution is -0.142. The monoisotopic (exact) mass is 211 g/mol. The maximum absolute atomic E-state index is 11.4. The summed E-state index contributed by atoms with van der Waals surface area (Å²) in [6.07, 6.45) is 2.19. The molecule has 2 atom stereocenters. The van der Waals surface area contributed by atoms with Gasteiger partial charge in [0, 0.05) is 18.2 Å². The van der Waals surface area contributed by atoms with Crippen LogP contribution in [0, 0.1) is 0 Å². The molecule has 82 valence electrons. The molecule has 15 heavy (non-hydrogen) atoms. The summed E-state index contributed by atoms with van der Waals surface area (Å²) in [6, 6.07) is -0.376. The molecule has 0 aromatic rings. The average Bonchev–Trinajstić information content (AvgIpc) is 2.44. The Kier molecular flexibility index (Phi) is 2.58. The molecule has 1 heterocycles. The number of nitrogens with zero attached hydrogens (tertiary/aromatic N) is 1. The highest BCUT2D eigenvalue weighted by Crippen LogP contribution is 2.25. The summed E-state index contributed by atoms with van der Waals surface area (Å²) < 4.78 is 0. The van der Waals surface area contributed by atoms with Crippen molar-refractivity contribution in [3.8, 4) is 0 Å². The number of amides is 2. The number of aliphatic hydroxyl groups is 2. The first kappa shape index (κ1) is 10.3. The number of imide groups is 1. The molecule has 2 N–H and O–H groups in total. The molecule has 1 aliphatic heterocycles. The molecular weight excluding hydrogens is 198 g/mol. The molecule has 0 aromatic heterocycles. The van der Waals surface area contributed by atoms with Gasteiger partial charge in [-0.2, -0.15) is 0 Å². The van der Waals surface area contributed by atoms with Gasteiger partial charge in [-0.15, -0.1) is 0 Å². The molecular formula is C10H13NO4. The largest absolute Gasteiger partial charge is 0.393 e. The molecule has 0 bridgehead atoms. The second-order valence-corrected chi connectivity index (χ2v) is 4.05. The number of hydrogen-bond acceptors (Lipinski definition) is 4. The lowest BCUT2D eigenvalue weighted by Gasteiger charge is -2.34. The van der Waals surface area contributed by atoms with Gasteiger partial charge in [-0.1, -0.05) is 0 Å². The van der Waals surface area contributed by atoms with Crippen molar-refractivity contribution in [3.05, 3.63) is 12.2 Å². The Morgan fingerprint density at radius 2 is 1.47 bits per heavy atom. The number of carbonyl (C=O) groups excluding carboxylic acids is 2. The molecule has 5 heteroatoms. The van der Waals surface area contributed by atoms with Gasteiger partial charge in [0.05, 0.1) is 12.2 Å². The van der Waals surface area contributed by atoms with Crippen molar-refractivity contribution in [1.29, 1.82) is 0 Å². The van der Waals surface area contributed by atoms with Crippen LogP contribution in [-0.2, 0) is 9.59 Å². The summed E-state index contributed by atoms with van der Waals surface area (Å²) in [7, 11) is 0. The summed E-state index contributed by atoms with van der Waals surface area (Å²) in [6.45, 7) is 0. The molecule has 2 amide bonds. The van der Waals surface area contributed by atoms with E-state index in [4.69, 9.17) is 0 Å². The lowest BCUT2D eigenvalue weighted by Crippen LogP contribution is -2.47. The highest BCUT2D eigenvalue weighted by atomic mass is 16.3. The van der Waals surface area contributed by atoms with Crippen LogP contribution < -0.4 is 0 Å². The Balaban J connectivity index is 2.10. The van der Waals surface area contributed by atoms with E-state index in [1.54, 1.807) is 0 Å². The zero-order chi connectivity index (χ0) is 11.0. The average molecular weight is 211 g/mol. The molecule has 2 rings (SSSR count). The number of rotatable bonds is 1. The minimum Gasteiger partial charge on any atom is -0.393 e. The van der Waals surface area contributed by atoms with E-state index >= 15 is 0 Å². The van der Waals surface area contributed by atoms with Crippen molar-refractivity contribution in [2.45, 2.75) is 37.5 Å². The van der Waals surface area contributed by atoms with E-state index in [0.717, 1.165) is 4.90 Å². The molecule has 1 fully saturated rings. The van der Waals surface area contributed by atoms with Crippen LogP contribution >= 0.6 is 0 Å². The molecule has 0 saturated heterocycles. The van der Waals surface area contributed by atoms with Gasteiger partial charge in [0.1, 0.15) is 0 Å². The number of aliphatic hydroxyl groups excluding tert-OH is 2. The minimum absolute atomic E-state index is 0.320. The third-order valence-electron chi connectivity index (χ3n) is 2.84. The van der Waals surface area contributed by atoms with Crippen molar-refractivity contribution < 1.29 is 19.8 Å². The van der Waals surface area contributed by atoms with Gasteiger partial charge in [-0.25, -0.2) is 0 Å². The molecule has 2 unspecified atom stereocenters. The number of carbonyl (C=O) groups is 2. The molecule has 0 radical (unpaired) electrons. The smallest absolute Gasteiger partial charge is 0.253 e. The molecule has 0 spiro atoms. The van der Waals surface area contributed by atoms with Gasteiger partial charge in [-0.05, 0) is 19.3 Å². The molecule has 2 aliphatic rings. The van der Waals surface area contributed by atoms with E-state index in [1.165, 1.54) is 12.2 Å². The van der Waals surface area contributed by atoms with E-state index in [1.807, 2.05) is 0 Å². The van der Waals surface area contributed by atoms with Gasteiger partial charge < -0.3 is 10.2 Å². The summed E-state index contributed by atoms with van der Waals surface area (Å²) >= 11 is 0. The maximum Gasteiger partial charge on any atom is 0.253 e. The summed E-state index contributed by atoms with van der Waals surface area (Å²) in [4.78, 5) is 23.8. The Morgan fingerprint density at radius 3 is 1.93 bits per heavy atom. The van der Waals surface area contributed by atoms with Gasteiger partial charge >= 0.3 is 0 Å². The van der Waals surface area contributed by atoms with Crippen LogP contribution in [0.2, 0.25) is 0 Å². The van der Waals surface area contributed by atoms with E-state index < -0.39 is 12.2 Å². The second kappa shape index (κ2) is 3.75. The van der Waals surface area contributed by atoms with Crippen molar-refractivity contribution in [2.24, 2.45) is 0 Å². The first-order chi connectivity index (χ1) is 7.08. The van der Waals surface area contributed by atoms with Crippen LogP contribution in [0.15, 0.2) is 12.2 Å². The molecule has 0 aromatic carbocycles. The predicted molar refractivity (Wildman–Crippen MR) is 50.6 cm³/mol. The van der Waals surface area contributed by atoms with Crippen LogP contribution in [0.1, 0.15) is 19.3 Å². The van der Waals surface area contributed by atoms with Crippen LogP contribution in [0.3, 0.4) is 0 Å². The Labute approximate surface area is 87.0 Å².